The number of nitrogens with one attached hydrogen (secondary N) is 1. The molecule has 0 spiro atoms. The van der Waals surface area contributed by atoms with Crippen LogP contribution in [0.25, 0.3) is 16.7 Å². The molecule has 4 aromatic rings. The Kier molecular flexibility index (Phi) is 4.79. The van der Waals surface area contributed by atoms with Crippen molar-refractivity contribution in [2.24, 2.45) is 13.0 Å². The van der Waals surface area contributed by atoms with Crippen molar-refractivity contribution >= 4 is 22.6 Å². The van der Waals surface area contributed by atoms with Gasteiger partial charge >= 0.3 is 0 Å². The first kappa shape index (κ1) is 19.1. The van der Waals surface area contributed by atoms with Gasteiger partial charge in [-0.2, -0.15) is 0 Å². The van der Waals surface area contributed by atoms with Crippen molar-refractivity contribution in [2.75, 3.05) is 0 Å². The molecule has 0 aliphatic heterocycles. The van der Waals surface area contributed by atoms with E-state index in [1.807, 2.05) is 50.6 Å². The number of aromatic nitrogens is 5. The van der Waals surface area contributed by atoms with E-state index in [4.69, 9.17) is 0 Å². The first-order chi connectivity index (χ1) is 13.8. The third-order valence-corrected chi connectivity index (χ3v) is 5.21. The third kappa shape index (κ3) is 3.47. The molecular weight excluding hydrogens is 368 g/mol. The number of aliphatic hydroxyl groups is 1. The van der Waals surface area contributed by atoms with Gasteiger partial charge in [-0.15, -0.1) is 10.2 Å². The van der Waals surface area contributed by atoms with Crippen LogP contribution in [0, 0.1) is 12.8 Å². The highest BCUT2D eigenvalue weighted by molar-refractivity contribution is 5.94. The Bertz CT molecular complexity index is 1210. The van der Waals surface area contributed by atoms with E-state index in [1.165, 1.54) is 0 Å². The molecule has 0 saturated carbocycles. The lowest BCUT2D eigenvalue weighted by molar-refractivity contribution is 0.0949. The van der Waals surface area contributed by atoms with Crippen LogP contribution in [0.2, 0.25) is 0 Å². The SMILES string of the molecule is Cc1nc2cc(CNC(=O)c3ccc4nnc(C(O)C(C)C)n4c3)ccc2n1C. The van der Waals surface area contributed by atoms with Crippen LogP contribution in [0.15, 0.2) is 36.5 Å². The third-order valence-electron chi connectivity index (χ3n) is 5.21. The molecule has 0 fully saturated rings. The van der Waals surface area contributed by atoms with Gasteiger partial charge in [-0.05, 0) is 42.7 Å². The number of hydrogen-bond donors (Lipinski definition) is 2. The summed E-state index contributed by atoms with van der Waals surface area (Å²) < 4.78 is 3.71. The number of pyridine rings is 1. The second kappa shape index (κ2) is 7.29. The molecule has 0 aliphatic rings. The van der Waals surface area contributed by atoms with Gasteiger partial charge in [0.05, 0.1) is 16.6 Å². The van der Waals surface area contributed by atoms with Crippen molar-refractivity contribution in [3.05, 3.63) is 59.3 Å². The summed E-state index contributed by atoms with van der Waals surface area (Å²) in [5.74, 6) is 1.16. The second-order valence-electron chi connectivity index (χ2n) is 7.62. The van der Waals surface area contributed by atoms with Gasteiger partial charge in [-0.1, -0.05) is 19.9 Å². The summed E-state index contributed by atoms with van der Waals surface area (Å²) in [5.41, 5.74) is 4.02. The van der Waals surface area contributed by atoms with Gasteiger partial charge in [0.1, 0.15) is 11.9 Å². The van der Waals surface area contributed by atoms with Crippen LogP contribution in [0.4, 0.5) is 0 Å². The second-order valence-corrected chi connectivity index (χ2v) is 7.62. The standard InChI is InChI=1S/C21H24N6O2/c1-12(2)19(28)20-25-24-18-8-6-15(11-27(18)20)21(29)22-10-14-5-7-17-16(9-14)23-13(3)26(17)4/h5-9,11-12,19,28H,10H2,1-4H3,(H,22,29). The predicted octanol–water partition coefficient (Wildman–Crippen LogP) is 2.54. The number of imidazole rings is 1. The van der Waals surface area contributed by atoms with Crippen LogP contribution in [0.1, 0.15) is 47.5 Å². The van der Waals surface area contributed by atoms with Crippen molar-refractivity contribution in [1.29, 1.82) is 0 Å². The zero-order valence-corrected chi connectivity index (χ0v) is 16.9. The average molecular weight is 392 g/mol. The molecule has 2 N–H and O–H groups in total. The van der Waals surface area contributed by atoms with E-state index < -0.39 is 6.10 Å². The summed E-state index contributed by atoms with van der Waals surface area (Å²) in [6, 6.07) is 9.42. The van der Waals surface area contributed by atoms with Gasteiger partial charge in [-0.25, -0.2) is 4.98 Å². The van der Waals surface area contributed by atoms with E-state index in [-0.39, 0.29) is 11.8 Å². The van der Waals surface area contributed by atoms with Crippen LogP contribution in [-0.4, -0.2) is 35.2 Å². The number of fused-ring (bicyclic) bond motifs is 2. The maximum absolute atomic E-state index is 12.7. The number of benzene rings is 1. The first-order valence-corrected chi connectivity index (χ1v) is 9.58. The number of amides is 1. The maximum atomic E-state index is 12.7. The summed E-state index contributed by atoms with van der Waals surface area (Å²) in [6.45, 7) is 6.17. The molecule has 1 unspecified atom stereocenters. The number of rotatable bonds is 5. The quantitative estimate of drug-likeness (QED) is 0.544. The molecule has 0 radical (unpaired) electrons. The number of aliphatic hydroxyl groups excluding tert-OH is 1. The van der Waals surface area contributed by atoms with Crippen molar-refractivity contribution in [3.63, 3.8) is 0 Å². The summed E-state index contributed by atoms with van der Waals surface area (Å²) in [7, 11) is 1.98. The van der Waals surface area contributed by atoms with E-state index in [9.17, 15) is 9.90 Å². The molecule has 8 nitrogen and oxygen atoms in total. The van der Waals surface area contributed by atoms with Gasteiger partial charge in [0.2, 0.25) is 0 Å². The molecule has 0 aliphatic carbocycles. The van der Waals surface area contributed by atoms with Gasteiger partial charge in [0, 0.05) is 19.8 Å². The Hall–Kier alpha value is -3.26. The number of nitrogens with zero attached hydrogens (tertiary/aromatic N) is 5. The Morgan fingerprint density at radius 3 is 2.76 bits per heavy atom. The van der Waals surface area contributed by atoms with Gasteiger partial charge < -0.3 is 15.0 Å². The monoisotopic (exact) mass is 392 g/mol. The fraction of sp³-hybridized carbons (Fsp3) is 0.333. The molecule has 3 heterocycles. The molecule has 0 bridgehead atoms. The Morgan fingerprint density at radius 1 is 1.21 bits per heavy atom. The maximum Gasteiger partial charge on any atom is 0.253 e. The molecule has 3 aromatic heterocycles. The van der Waals surface area contributed by atoms with E-state index in [0.29, 0.717) is 23.6 Å². The fourth-order valence-electron chi connectivity index (χ4n) is 3.30. The molecule has 1 atom stereocenters. The molecule has 8 heteroatoms. The van der Waals surface area contributed by atoms with Gasteiger partial charge in [-0.3, -0.25) is 9.20 Å². The van der Waals surface area contributed by atoms with E-state index in [2.05, 4.69) is 20.5 Å². The minimum absolute atomic E-state index is 0.00923. The summed E-state index contributed by atoms with van der Waals surface area (Å²) in [6.07, 6.45) is 0.911. The molecule has 1 amide bonds. The first-order valence-electron chi connectivity index (χ1n) is 9.58. The molecule has 4 rings (SSSR count). The smallest absolute Gasteiger partial charge is 0.253 e. The van der Waals surface area contributed by atoms with Crippen molar-refractivity contribution in [2.45, 2.75) is 33.4 Å². The lowest BCUT2D eigenvalue weighted by atomic mass is 10.1. The Labute approximate surface area is 168 Å². The zero-order valence-electron chi connectivity index (χ0n) is 16.9. The number of aryl methyl sites for hydroxylation is 2. The van der Waals surface area contributed by atoms with Crippen molar-refractivity contribution in [3.8, 4) is 0 Å². The van der Waals surface area contributed by atoms with Crippen LogP contribution < -0.4 is 5.32 Å². The van der Waals surface area contributed by atoms with Gasteiger partial charge in [0.15, 0.2) is 11.5 Å². The minimum atomic E-state index is -0.753. The topological polar surface area (TPSA) is 97.3 Å². The predicted molar refractivity (Wildman–Crippen MR) is 109 cm³/mol. The summed E-state index contributed by atoms with van der Waals surface area (Å²) >= 11 is 0. The minimum Gasteiger partial charge on any atom is -0.385 e. The van der Waals surface area contributed by atoms with E-state index in [0.717, 1.165) is 22.4 Å². The van der Waals surface area contributed by atoms with Crippen molar-refractivity contribution < 1.29 is 9.90 Å². The summed E-state index contributed by atoms with van der Waals surface area (Å²) in [4.78, 5) is 17.2. The highest BCUT2D eigenvalue weighted by Gasteiger charge is 2.19. The molecule has 29 heavy (non-hydrogen) atoms. The molecule has 150 valence electrons. The lowest BCUT2D eigenvalue weighted by Gasteiger charge is -2.12. The van der Waals surface area contributed by atoms with Crippen LogP contribution in [0.3, 0.4) is 0 Å². The molecular formula is C21H24N6O2. The molecule has 1 aromatic carbocycles. The Morgan fingerprint density at radius 2 is 2.00 bits per heavy atom. The van der Waals surface area contributed by atoms with Crippen molar-refractivity contribution in [1.82, 2.24) is 29.5 Å². The Balaban J connectivity index is 1.54. The normalized spacial score (nSPS) is 12.8. The van der Waals surface area contributed by atoms with Crippen LogP contribution in [0.5, 0.6) is 0 Å². The fourth-order valence-corrected chi connectivity index (χ4v) is 3.30. The van der Waals surface area contributed by atoms with Gasteiger partial charge in [0.25, 0.3) is 5.91 Å². The molecule has 0 saturated heterocycles. The number of hydrogen-bond acceptors (Lipinski definition) is 5. The lowest BCUT2D eigenvalue weighted by Crippen LogP contribution is -2.23. The number of carbonyl (C=O) groups excluding carboxylic acids is 1. The van der Waals surface area contributed by atoms with Crippen LogP contribution >= 0.6 is 0 Å². The highest BCUT2D eigenvalue weighted by atomic mass is 16.3. The summed E-state index contributed by atoms with van der Waals surface area (Å²) in [5, 5.41) is 21.4. The van der Waals surface area contributed by atoms with E-state index in [1.54, 1.807) is 22.7 Å². The number of carbonyl (C=O) groups is 1. The largest absolute Gasteiger partial charge is 0.385 e. The highest BCUT2D eigenvalue weighted by Crippen LogP contribution is 2.21. The zero-order chi connectivity index (χ0) is 20.7. The van der Waals surface area contributed by atoms with Crippen LogP contribution in [-0.2, 0) is 13.6 Å². The van der Waals surface area contributed by atoms with E-state index >= 15 is 0 Å². The average Bonchev–Trinajstić information content (AvgIpc) is 3.25.